The van der Waals surface area contributed by atoms with E-state index in [9.17, 15) is 14.4 Å². The molecule has 0 aliphatic rings. The van der Waals surface area contributed by atoms with Gasteiger partial charge >= 0.3 is 5.97 Å². The smallest absolute Gasteiger partial charge is 0.337 e. The quantitative estimate of drug-likeness (QED) is 0.626. The summed E-state index contributed by atoms with van der Waals surface area (Å²) in [5.74, 6) is -1.34. The summed E-state index contributed by atoms with van der Waals surface area (Å²) in [4.78, 5) is 44.5. The van der Waals surface area contributed by atoms with Crippen LogP contribution in [0.5, 0.6) is 0 Å². The number of aromatic nitrogens is 2. The van der Waals surface area contributed by atoms with E-state index in [1.54, 1.807) is 36.7 Å². The highest BCUT2D eigenvalue weighted by Gasteiger charge is 2.13. The van der Waals surface area contributed by atoms with Crippen molar-refractivity contribution in [2.24, 2.45) is 0 Å². The summed E-state index contributed by atoms with van der Waals surface area (Å²) in [6.07, 6.45) is 4.69. The van der Waals surface area contributed by atoms with Crippen LogP contribution in [0.4, 0.5) is 5.69 Å². The Balaban J connectivity index is 1.67. The Labute approximate surface area is 167 Å². The average molecular weight is 390 g/mol. The minimum Gasteiger partial charge on any atom is -0.465 e. The zero-order valence-corrected chi connectivity index (χ0v) is 15.6. The maximum atomic E-state index is 12.5. The van der Waals surface area contributed by atoms with E-state index < -0.39 is 17.8 Å². The van der Waals surface area contributed by atoms with Crippen molar-refractivity contribution in [2.45, 2.75) is 6.54 Å². The van der Waals surface area contributed by atoms with Crippen LogP contribution in [-0.4, -0.2) is 34.9 Å². The highest BCUT2D eigenvalue weighted by atomic mass is 16.5. The minimum absolute atomic E-state index is 0.116. The van der Waals surface area contributed by atoms with Gasteiger partial charge in [-0.2, -0.15) is 0 Å². The molecule has 2 amide bonds. The Morgan fingerprint density at radius 2 is 1.83 bits per heavy atom. The van der Waals surface area contributed by atoms with E-state index in [2.05, 4.69) is 25.3 Å². The number of carbonyl (C=O) groups is 3. The van der Waals surface area contributed by atoms with Crippen molar-refractivity contribution in [3.63, 3.8) is 0 Å². The van der Waals surface area contributed by atoms with E-state index in [-0.39, 0.29) is 11.3 Å². The number of hydrogen-bond donors (Lipinski definition) is 2. The largest absolute Gasteiger partial charge is 0.465 e. The van der Waals surface area contributed by atoms with Crippen LogP contribution in [0.15, 0.2) is 67.1 Å². The summed E-state index contributed by atoms with van der Waals surface area (Å²) in [5.41, 5.74) is 1.97. The third-order valence-corrected chi connectivity index (χ3v) is 3.97. The van der Waals surface area contributed by atoms with Crippen LogP contribution in [0.25, 0.3) is 0 Å². The van der Waals surface area contributed by atoms with Crippen molar-refractivity contribution in [1.29, 1.82) is 0 Å². The monoisotopic (exact) mass is 390 g/mol. The zero-order valence-electron chi connectivity index (χ0n) is 15.6. The molecule has 2 aromatic heterocycles. The lowest BCUT2D eigenvalue weighted by atomic mass is 10.1. The Morgan fingerprint density at radius 1 is 0.966 bits per heavy atom. The summed E-state index contributed by atoms with van der Waals surface area (Å²) >= 11 is 0. The first-order chi connectivity index (χ1) is 14.1. The van der Waals surface area contributed by atoms with Gasteiger partial charge in [-0.1, -0.05) is 12.1 Å². The molecule has 3 aromatic rings. The van der Waals surface area contributed by atoms with Crippen LogP contribution in [-0.2, 0) is 11.3 Å². The number of pyridine rings is 2. The van der Waals surface area contributed by atoms with E-state index in [0.717, 1.165) is 5.56 Å². The van der Waals surface area contributed by atoms with Crippen LogP contribution in [0.1, 0.15) is 36.8 Å². The maximum absolute atomic E-state index is 12.5. The van der Waals surface area contributed by atoms with Crippen molar-refractivity contribution in [1.82, 2.24) is 15.3 Å². The fourth-order valence-electron chi connectivity index (χ4n) is 2.52. The third kappa shape index (κ3) is 5.23. The summed E-state index contributed by atoms with van der Waals surface area (Å²) < 4.78 is 4.67. The Hall–Kier alpha value is -4.07. The first-order valence-corrected chi connectivity index (χ1v) is 8.69. The molecule has 0 radical (unpaired) electrons. The molecule has 0 spiro atoms. The van der Waals surface area contributed by atoms with Crippen LogP contribution in [0.2, 0.25) is 0 Å². The topological polar surface area (TPSA) is 110 Å². The van der Waals surface area contributed by atoms with E-state index in [1.807, 2.05) is 6.07 Å². The molecule has 2 heterocycles. The van der Waals surface area contributed by atoms with Crippen molar-refractivity contribution >= 4 is 23.5 Å². The molecule has 0 unspecified atom stereocenters. The molecular formula is C21H18N4O4. The standard InChI is InChI=1S/C21H18N4O4/c1-29-21(28)16-5-2-6-17(10-16)25-19(26)15-7-9-23-18(11-15)20(27)24-13-14-4-3-8-22-12-14/h2-12H,13H2,1H3,(H,24,27)(H,25,26). The number of carbonyl (C=O) groups excluding carboxylic acids is 3. The highest BCUT2D eigenvalue weighted by molar-refractivity contribution is 6.06. The summed E-state index contributed by atoms with van der Waals surface area (Å²) in [6.45, 7) is 0.297. The second-order valence-electron chi connectivity index (χ2n) is 6.00. The van der Waals surface area contributed by atoms with Gasteiger partial charge in [0.1, 0.15) is 5.69 Å². The molecule has 8 nitrogen and oxygen atoms in total. The number of rotatable bonds is 6. The molecule has 0 saturated heterocycles. The van der Waals surface area contributed by atoms with Crippen molar-refractivity contribution < 1.29 is 19.1 Å². The molecule has 8 heteroatoms. The number of hydrogen-bond acceptors (Lipinski definition) is 6. The summed E-state index contributed by atoms with van der Waals surface area (Å²) in [5, 5.41) is 5.42. The number of benzene rings is 1. The molecule has 0 saturated carbocycles. The van der Waals surface area contributed by atoms with Gasteiger partial charge in [0.15, 0.2) is 0 Å². The van der Waals surface area contributed by atoms with E-state index in [4.69, 9.17) is 0 Å². The minimum atomic E-state index is -0.502. The van der Waals surface area contributed by atoms with Gasteiger partial charge in [0.25, 0.3) is 11.8 Å². The number of ether oxygens (including phenoxy) is 1. The van der Waals surface area contributed by atoms with Crippen molar-refractivity contribution in [3.05, 3.63) is 89.5 Å². The molecule has 0 aliphatic heterocycles. The van der Waals surface area contributed by atoms with Gasteiger partial charge in [-0.3, -0.25) is 19.6 Å². The fourth-order valence-corrected chi connectivity index (χ4v) is 2.52. The fraction of sp³-hybridized carbons (Fsp3) is 0.0952. The Morgan fingerprint density at radius 3 is 2.59 bits per heavy atom. The van der Waals surface area contributed by atoms with Crippen LogP contribution in [0, 0.1) is 0 Å². The van der Waals surface area contributed by atoms with E-state index in [1.165, 1.54) is 31.5 Å². The van der Waals surface area contributed by atoms with Gasteiger partial charge in [0.2, 0.25) is 0 Å². The number of anilines is 1. The normalized spacial score (nSPS) is 10.1. The average Bonchev–Trinajstić information content (AvgIpc) is 2.77. The van der Waals surface area contributed by atoms with Gasteiger partial charge in [0.05, 0.1) is 12.7 Å². The van der Waals surface area contributed by atoms with Crippen LogP contribution < -0.4 is 10.6 Å². The first-order valence-electron chi connectivity index (χ1n) is 8.69. The molecule has 0 bridgehead atoms. The Kier molecular flexibility index (Phi) is 6.26. The zero-order chi connectivity index (χ0) is 20.6. The molecular weight excluding hydrogens is 372 g/mol. The lowest BCUT2D eigenvalue weighted by Crippen LogP contribution is -2.24. The second-order valence-corrected chi connectivity index (χ2v) is 6.00. The van der Waals surface area contributed by atoms with Gasteiger partial charge in [-0.25, -0.2) is 4.79 Å². The Bertz CT molecular complexity index is 1040. The lowest BCUT2D eigenvalue weighted by molar-refractivity contribution is 0.0600. The molecule has 146 valence electrons. The number of nitrogens with one attached hydrogen (secondary N) is 2. The number of amides is 2. The summed E-state index contributed by atoms with van der Waals surface area (Å²) in [6, 6.07) is 12.9. The first kappa shape index (κ1) is 19.7. The molecule has 29 heavy (non-hydrogen) atoms. The predicted octanol–water partition coefficient (Wildman–Crippen LogP) is 2.45. The lowest BCUT2D eigenvalue weighted by Gasteiger charge is -2.08. The summed E-state index contributed by atoms with van der Waals surface area (Å²) in [7, 11) is 1.28. The number of esters is 1. The number of nitrogens with zero attached hydrogens (tertiary/aromatic N) is 2. The molecule has 2 N–H and O–H groups in total. The predicted molar refractivity (Wildman–Crippen MR) is 105 cm³/mol. The van der Waals surface area contributed by atoms with Crippen LogP contribution >= 0.6 is 0 Å². The van der Waals surface area contributed by atoms with Crippen molar-refractivity contribution in [2.75, 3.05) is 12.4 Å². The molecule has 1 aromatic carbocycles. The van der Waals surface area contributed by atoms with E-state index in [0.29, 0.717) is 17.8 Å². The van der Waals surface area contributed by atoms with Gasteiger partial charge in [-0.15, -0.1) is 0 Å². The van der Waals surface area contributed by atoms with Gasteiger partial charge < -0.3 is 15.4 Å². The van der Waals surface area contributed by atoms with Gasteiger partial charge in [0, 0.05) is 36.4 Å². The molecule has 3 rings (SSSR count). The highest BCUT2D eigenvalue weighted by Crippen LogP contribution is 2.13. The van der Waals surface area contributed by atoms with Crippen LogP contribution in [0.3, 0.4) is 0 Å². The van der Waals surface area contributed by atoms with Crippen molar-refractivity contribution in [3.8, 4) is 0 Å². The SMILES string of the molecule is COC(=O)c1cccc(NC(=O)c2ccnc(C(=O)NCc3cccnc3)c2)c1. The van der Waals surface area contributed by atoms with Gasteiger partial charge in [-0.05, 0) is 42.0 Å². The second kappa shape index (κ2) is 9.23. The molecule has 0 fully saturated rings. The third-order valence-electron chi connectivity index (χ3n) is 3.97. The number of methoxy groups -OCH3 is 1. The maximum Gasteiger partial charge on any atom is 0.337 e. The molecule has 0 atom stereocenters. The molecule has 0 aliphatic carbocycles. The van der Waals surface area contributed by atoms with E-state index >= 15 is 0 Å².